The average Bonchev–Trinajstić information content (AvgIpc) is 3.33. The molecule has 1 amide bonds. The summed E-state index contributed by atoms with van der Waals surface area (Å²) in [7, 11) is 0. The van der Waals surface area contributed by atoms with E-state index in [0.29, 0.717) is 18.1 Å². The number of anilines is 1. The number of ketones is 1. The van der Waals surface area contributed by atoms with E-state index in [-0.39, 0.29) is 42.3 Å². The van der Waals surface area contributed by atoms with Crippen molar-refractivity contribution in [3.63, 3.8) is 0 Å². The maximum atomic E-state index is 14.9. The predicted octanol–water partition coefficient (Wildman–Crippen LogP) is 3.21. The highest BCUT2D eigenvalue weighted by Gasteiger charge is 2.38. The minimum atomic E-state index is -0.835. The van der Waals surface area contributed by atoms with Crippen LogP contribution in [0.15, 0.2) is 24.4 Å². The van der Waals surface area contributed by atoms with Crippen LogP contribution in [0, 0.1) is 11.6 Å². The molecule has 150 valence electrons. The van der Waals surface area contributed by atoms with Crippen LogP contribution in [-0.2, 0) is 11.2 Å². The van der Waals surface area contributed by atoms with Crippen LogP contribution in [-0.4, -0.2) is 35.4 Å². The van der Waals surface area contributed by atoms with Crippen molar-refractivity contribution in [3.8, 4) is 11.6 Å². The molecule has 6 nitrogen and oxygen atoms in total. The molecule has 1 atom stereocenters. The van der Waals surface area contributed by atoms with Crippen molar-refractivity contribution in [2.24, 2.45) is 0 Å². The maximum Gasteiger partial charge on any atom is 0.268 e. The highest BCUT2D eigenvalue weighted by atomic mass is 19.1. The molecule has 1 saturated heterocycles. The molecule has 2 heterocycles. The van der Waals surface area contributed by atoms with Crippen LogP contribution in [0.25, 0.3) is 0 Å². The molecule has 0 N–H and O–H groups in total. The molecule has 2 aliphatic carbocycles. The van der Waals surface area contributed by atoms with Gasteiger partial charge in [0.1, 0.15) is 17.7 Å². The Morgan fingerprint density at radius 3 is 2.62 bits per heavy atom. The highest BCUT2D eigenvalue weighted by Crippen LogP contribution is 2.35. The van der Waals surface area contributed by atoms with Crippen molar-refractivity contribution >= 4 is 17.4 Å². The number of rotatable bonds is 5. The number of amides is 1. The summed E-state index contributed by atoms with van der Waals surface area (Å²) in [6, 6.07) is 4.33. The Bertz CT molecular complexity index is 1000. The molecule has 29 heavy (non-hydrogen) atoms. The van der Waals surface area contributed by atoms with E-state index in [4.69, 9.17) is 9.47 Å². The number of Topliss-reactive ketones (excluding diaryl/α,β-unsaturated/α-hetero) is 1. The van der Waals surface area contributed by atoms with Gasteiger partial charge < -0.3 is 14.4 Å². The average molecular weight is 400 g/mol. The number of nitrogens with zero attached hydrogens (tertiary/aromatic N) is 2. The van der Waals surface area contributed by atoms with Crippen LogP contribution in [0.2, 0.25) is 0 Å². The number of carbonyl (C=O) groups is 2. The number of ether oxygens (including phenoxy) is 2. The van der Waals surface area contributed by atoms with Gasteiger partial charge in [-0.2, -0.15) is 0 Å². The third-order valence-electron chi connectivity index (χ3n) is 5.43. The Labute approximate surface area is 165 Å². The number of halogens is 2. The summed E-state index contributed by atoms with van der Waals surface area (Å²) in [5.74, 6) is -1.51. The molecule has 1 aliphatic heterocycles. The molecule has 1 saturated carbocycles. The first-order valence-electron chi connectivity index (χ1n) is 9.66. The van der Waals surface area contributed by atoms with Gasteiger partial charge in [-0.05, 0) is 25.3 Å². The van der Waals surface area contributed by atoms with Crippen LogP contribution in [0.1, 0.15) is 41.6 Å². The SMILES string of the molecule is O=C1CCc2c(F)cc(N3CC[C@@H](Oc4ccc(OC5CC5)nc4)C3=O)c(F)c21. The second kappa shape index (κ2) is 6.79. The van der Waals surface area contributed by atoms with Gasteiger partial charge in [0.15, 0.2) is 17.7 Å². The molecule has 0 bridgehead atoms. The zero-order valence-electron chi connectivity index (χ0n) is 15.5. The Hall–Kier alpha value is -3.03. The third kappa shape index (κ3) is 3.22. The monoisotopic (exact) mass is 400 g/mol. The molecule has 0 radical (unpaired) electrons. The van der Waals surface area contributed by atoms with E-state index in [9.17, 15) is 18.4 Å². The summed E-state index contributed by atoms with van der Waals surface area (Å²) >= 11 is 0. The molecule has 5 rings (SSSR count). The van der Waals surface area contributed by atoms with Gasteiger partial charge >= 0.3 is 0 Å². The summed E-state index contributed by atoms with van der Waals surface area (Å²) < 4.78 is 40.5. The normalized spacial score (nSPS) is 20.9. The van der Waals surface area contributed by atoms with Gasteiger partial charge in [0, 0.05) is 37.1 Å². The minimum Gasteiger partial charge on any atom is -0.479 e. The van der Waals surface area contributed by atoms with Crippen LogP contribution in [0.4, 0.5) is 14.5 Å². The van der Waals surface area contributed by atoms with E-state index < -0.39 is 29.4 Å². The zero-order chi connectivity index (χ0) is 20.1. The van der Waals surface area contributed by atoms with Crippen molar-refractivity contribution in [1.29, 1.82) is 0 Å². The molecule has 3 aliphatic rings. The lowest BCUT2D eigenvalue weighted by Crippen LogP contribution is -2.33. The highest BCUT2D eigenvalue weighted by molar-refractivity contribution is 6.04. The molecule has 2 fully saturated rings. The van der Waals surface area contributed by atoms with Crippen LogP contribution in [0.5, 0.6) is 11.6 Å². The molecule has 0 unspecified atom stereocenters. The lowest BCUT2D eigenvalue weighted by Gasteiger charge is -2.19. The number of hydrogen-bond acceptors (Lipinski definition) is 5. The second-order valence-electron chi connectivity index (χ2n) is 7.50. The van der Waals surface area contributed by atoms with E-state index >= 15 is 0 Å². The largest absolute Gasteiger partial charge is 0.479 e. The number of fused-ring (bicyclic) bond motifs is 1. The van der Waals surface area contributed by atoms with Gasteiger partial charge in [-0.3, -0.25) is 9.59 Å². The number of pyridine rings is 1. The molecular formula is C21H18F2N2O4. The molecule has 1 aromatic heterocycles. The van der Waals surface area contributed by atoms with Gasteiger partial charge in [-0.1, -0.05) is 0 Å². The fourth-order valence-electron chi connectivity index (χ4n) is 3.77. The van der Waals surface area contributed by atoms with E-state index in [0.717, 1.165) is 23.8 Å². The van der Waals surface area contributed by atoms with Crippen molar-refractivity contribution < 1.29 is 27.8 Å². The van der Waals surface area contributed by atoms with Crippen LogP contribution < -0.4 is 14.4 Å². The first-order valence-corrected chi connectivity index (χ1v) is 9.66. The number of hydrogen-bond donors (Lipinski definition) is 0. The Morgan fingerprint density at radius 2 is 1.90 bits per heavy atom. The molecule has 0 spiro atoms. The molecule has 8 heteroatoms. The standard InChI is InChI=1S/C21H18F2N2O4/c22-14-9-15(20(23)19-13(14)4-5-16(19)26)25-8-7-17(21(25)27)28-12-3-6-18(24-10-12)29-11-1-2-11/h3,6,9-11,17H,1-2,4-5,7-8H2/t17-/m1/s1. The summed E-state index contributed by atoms with van der Waals surface area (Å²) in [5, 5.41) is 0. The predicted molar refractivity (Wildman–Crippen MR) is 98.3 cm³/mol. The number of benzene rings is 1. The van der Waals surface area contributed by atoms with E-state index in [1.165, 1.54) is 6.20 Å². The van der Waals surface area contributed by atoms with E-state index in [1.54, 1.807) is 12.1 Å². The summed E-state index contributed by atoms with van der Waals surface area (Å²) in [4.78, 5) is 30.0. The smallest absolute Gasteiger partial charge is 0.268 e. The van der Waals surface area contributed by atoms with Gasteiger partial charge in [0.2, 0.25) is 5.88 Å². The fraction of sp³-hybridized carbons (Fsp3) is 0.381. The minimum absolute atomic E-state index is 0.0831. The van der Waals surface area contributed by atoms with Gasteiger partial charge in [-0.25, -0.2) is 13.8 Å². The topological polar surface area (TPSA) is 68.7 Å². The van der Waals surface area contributed by atoms with Crippen molar-refractivity contribution in [3.05, 3.63) is 47.2 Å². The van der Waals surface area contributed by atoms with Crippen LogP contribution >= 0.6 is 0 Å². The maximum absolute atomic E-state index is 14.9. The van der Waals surface area contributed by atoms with Gasteiger partial charge in [-0.15, -0.1) is 0 Å². The van der Waals surface area contributed by atoms with Crippen molar-refractivity contribution in [1.82, 2.24) is 4.98 Å². The quantitative estimate of drug-likeness (QED) is 0.771. The van der Waals surface area contributed by atoms with Crippen LogP contribution in [0.3, 0.4) is 0 Å². The molecule has 2 aromatic rings. The van der Waals surface area contributed by atoms with Crippen molar-refractivity contribution in [2.75, 3.05) is 11.4 Å². The first-order chi connectivity index (χ1) is 14.0. The lowest BCUT2D eigenvalue weighted by molar-refractivity contribution is -0.122. The molecular weight excluding hydrogens is 382 g/mol. The lowest BCUT2D eigenvalue weighted by atomic mass is 10.1. The molecule has 1 aromatic carbocycles. The van der Waals surface area contributed by atoms with E-state index in [1.807, 2.05) is 0 Å². The van der Waals surface area contributed by atoms with Crippen molar-refractivity contribution in [2.45, 2.75) is 44.3 Å². The Balaban J connectivity index is 1.33. The van der Waals surface area contributed by atoms with E-state index in [2.05, 4.69) is 4.98 Å². The Kier molecular flexibility index (Phi) is 4.22. The number of carbonyl (C=O) groups excluding carboxylic acids is 2. The van der Waals surface area contributed by atoms with Gasteiger partial charge in [0.05, 0.1) is 17.4 Å². The first kappa shape index (κ1) is 18.0. The zero-order valence-corrected chi connectivity index (χ0v) is 15.5. The second-order valence-corrected chi connectivity index (χ2v) is 7.50. The van der Waals surface area contributed by atoms with Gasteiger partial charge in [0.25, 0.3) is 5.91 Å². The summed E-state index contributed by atoms with van der Waals surface area (Å²) in [6.07, 6.45) is 3.50. The summed E-state index contributed by atoms with van der Waals surface area (Å²) in [5.41, 5.74) is -0.346. The third-order valence-corrected chi connectivity index (χ3v) is 5.43. The Morgan fingerprint density at radius 1 is 1.07 bits per heavy atom. The number of aromatic nitrogens is 1. The fourth-order valence-corrected chi connectivity index (χ4v) is 3.77. The summed E-state index contributed by atoms with van der Waals surface area (Å²) in [6.45, 7) is 0.170.